The maximum atomic E-state index is 5.52. The van der Waals surface area contributed by atoms with Crippen molar-refractivity contribution >= 4 is 17.4 Å². The van der Waals surface area contributed by atoms with Crippen LogP contribution in [0, 0.1) is 6.92 Å². The van der Waals surface area contributed by atoms with Gasteiger partial charge in [-0.3, -0.25) is 9.08 Å². The lowest BCUT2D eigenvalue weighted by Crippen LogP contribution is -2.13. The van der Waals surface area contributed by atoms with Crippen molar-refractivity contribution in [2.24, 2.45) is 7.05 Å². The Bertz CT molecular complexity index is 1410. The van der Waals surface area contributed by atoms with Crippen LogP contribution in [0.3, 0.4) is 0 Å². The van der Waals surface area contributed by atoms with E-state index in [1.165, 1.54) is 11.1 Å². The summed E-state index contributed by atoms with van der Waals surface area (Å²) in [6.45, 7) is 2.65. The maximum Gasteiger partial charge on any atom is 0.228 e. The van der Waals surface area contributed by atoms with E-state index in [2.05, 4.69) is 61.8 Å². The summed E-state index contributed by atoms with van der Waals surface area (Å²) in [4.78, 5) is 8.99. The van der Waals surface area contributed by atoms with Crippen molar-refractivity contribution in [3.63, 3.8) is 0 Å². The molecule has 5 rings (SSSR count). The minimum Gasteiger partial charge on any atom is -0.384 e. The molecular weight excluding hydrogens is 428 g/mol. The number of hydrogen-bond acceptors (Lipinski definition) is 7. The van der Waals surface area contributed by atoms with Crippen molar-refractivity contribution in [3.05, 3.63) is 84.1 Å². The predicted octanol–water partition coefficient (Wildman–Crippen LogP) is 3.94. The highest BCUT2D eigenvalue weighted by Crippen LogP contribution is 2.25. The molecule has 0 spiro atoms. The number of benzene rings is 1. The second kappa shape index (κ2) is 9.40. The van der Waals surface area contributed by atoms with Gasteiger partial charge in [-0.25, -0.2) is 9.97 Å². The van der Waals surface area contributed by atoms with Crippen LogP contribution in [0.1, 0.15) is 22.9 Å². The molecule has 0 aliphatic carbocycles. The number of hydrogen-bond donors (Lipinski definition) is 1. The number of pyridine rings is 1. The maximum absolute atomic E-state index is 5.52. The largest absolute Gasteiger partial charge is 0.384 e. The third-order valence-electron chi connectivity index (χ3n) is 5.78. The van der Waals surface area contributed by atoms with Gasteiger partial charge in [0.05, 0.1) is 18.5 Å². The molecule has 9 nitrogen and oxygen atoms in total. The van der Waals surface area contributed by atoms with Gasteiger partial charge in [0.1, 0.15) is 11.6 Å². The van der Waals surface area contributed by atoms with Crippen molar-refractivity contribution in [1.82, 2.24) is 34.3 Å². The van der Waals surface area contributed by atoms with Crippen molar-refractivity contribution in [3.8, 4) is 11.3 Å². The molecular formula is C25H26N8O. The van der Waals surface area contributed by atoms with E-state index < -0.39 is 0 Å². The molecule has 1 N–H and O–H groups in total. The highest BCUT2D eigenvalue weighted by Gasteiger charge is 2.19. The number of aryl methyl sites for hydroxylation is 2. The van der Waals surface area contributed by atoms with E-state index >= 15 is 0 Å². The van der Waals surface area contributed by atoms with Gasteiger partial charge in [0.25, 0.3) is 0 Å². The Hall–Kier alpha value is -4.11. The SMILES string of the molecule is COCC(Cc1ccc(C)cc1)c1nnc2cc(-c3ccnc(Nc4ccnn4C)n3)ccn12. The monoisotopic (exact) mass is 454 g/mol. The van der Waals surface area contributed by atoms with E-state index in [0.29, 0.717) is 12.6 Å². The number of nitrogens with one attached hydrogen (secondary N) is 1. The number of fused-ring (bicyclic) bond motifs is 1. The molecule has 4 aromatic heterocycles. The molecule has 0 aliphatic heterocycles. The zero-order valence-electron chi connectivity index (χ0n) is 19.4. The fourth-order valence-corrected chi connectivity index (χ4v) is 3.97. The lowest BCUT2D eigenvalue weighted by Gasteiger charge is -2.15. The minimum absolute atomic E-state index is 0.0855. The summed E-state index contributed by atoms with van der Waals surface area (Å²) in [7, 11) is 3.58. The van der Waals surface area contributed by atoms with Gasteiger partial charge in [0.2, 0.25) is 5.95 Å². The first-order valence-corrected chi connectivity index (χ1v) is 11.1. The standard InChI is InChI=1S/C25H26N8O/c1-17-4-6-18(7-5-17)14-20(16-34-3)24-31-30-23-15-19(10-13-33(23)24)21-8-11-26-25(28-21)29-22-9-12-27-32(22)2/h4-13,15,20H,14,16H2,1-3H3,(H,26,28,29). The molecule has 172 valence electrons. The molecule has 4 heterocycles. The van der Waals surface area contributed by atoms with E-state index in [4.69, 9.17) is 4.74 Å². The molecule has 34 heavy (non-hydrogen) atoms. The van der Waals surface area contributed by atoms with Gasteiger partial charge >= 0.3 is 0 Å². The van der Waals surface area contributed by atoms with E-state index in [0.717, 1.165) is 35.0 Å². The highest BCUT2D eigenvalue weighted by molar-refractivity contribution is 5.65. The Balaban J connectivity index is 1.42. The molecule has 0 aliphatic rings. The van der Waals surface area contributed by atoms with Crippen LogP contribution in [0.4, 0.5) is 11.8 Å². The second-order valence-electron chi connectivity index (χ2n) is 8.27. The van der Waals surface area contributed by atoms with Crippen LogP contribution in [0.15, 0.2) is 67.1 Å². The van der Waals surface area contributed by atoms with Crippen LogP contribution >= 0.6 is 0 Å². The molecule has 0 saturated carbocycles. The molecule has 9 heteroatoms. The summed E-state index contributed by atoms with van der Waals surface area (Å²) in [6.07, 6.45) is 6.27. The summed E-state index contributed by atoms with van der Waals surface area (Å²) >= 11 is 0. The number of anilines is 2. The zero-order valence-corrected chi connectivity index (χ0v) is 19.4. The van der Waals surface area contributed by atoms with Gasteiger partial charge in [-0.05, 0) is 37.1 Å². The van der Waals surface area contributed by atoms with Gasteiger partial charge in [-0.15, -0.1) is 10.2 Å². The molecule has 0 amide bonds. The molecule has 5 aromatic rings. The zero-order chi connectivity index (χ0) is 23.5. The Labute approximate surface area is 197 Å². The predicted molar refractivity (Wildman–Crippen MR) is 130 cm³/mol. The molecule has 0 saturated heterocycles. The Kier molecular flexibility index (Phi) is 6.01. The van der Waals surface area contributed by atoms with Gasteiger partial charge in [0, 0.05) is 44.1 Å². The quantitative estimate of drug-likeness (QED) is 0.379. The average Bonchev–Trinajstić information content (AvgIpc) is 3.46. The van der Waals surface area contributed by atoms with Gasteiger partial charge in [-0.2, -0.15) is 5.10 Å². The van der Waals surface area contributed by atoms with Crippen molar-refractivity contribution in [1.29, 1.82) is 0 Å². The van der Waals surface area contributed by atoms with E-state index in [1.54, 1.807) is 24.2 Å². The Morgan fingerprint density at radius 2 is 1.88 bits per heavy atom. The first-order valence-electron chi connectivity index (χ1n) is 11.1. The number of ether oxygens (including phenoxy) is 1. The molecule has 1 atom stereocenters. The number of methoxy groups -OCH3 is 1. The number of nitrogens with zero attached hydrogens (tertiary/aromatic N) is 7. The third kappa shape index (κ3) is 4.51. The summed E-state index contributed by atoms with van der Waals surface area (Å²) in [5, 5.41) is 16.3. The van der Waals surface area contributed by atoms with Gasteiger partial charge in [-0.1, -0.05) is 29.8 Å². The van der Waals surface area contributed by atoms with E-state index in [9.17, 15) is 0 Å². The summed E-state index contributed by atoms with van der Waals surface area (Å²) < 4.78 is 9.27. The van der Waals surface area contributed by atoms with Crippen LogP contribution in [0.25, 0.3) is 16.9 Å². The number of aromatic nitrogens is 7. The Morgan fingerprint density at radius 1 is 1.03 bits per heavy atom. The van der Waals surface area contributed by atoms with Crippen LogP contribution in [-0.4, -0.2) is 48.1 Å². The normalized spacial score (nSPS) is 12.2. The van der Waals surface area contributed by atoms with Crippen LogP contribution in [0.5, 0.6) is 0 Å². The first kappa shape index (κ1) is 21.7. The smallest absolute Gasteiger partial charge is 0.228 e. The fraction of sp³-hybridized carbons (Fsp3) is 0.240. The van der Waals surface area contributed by atoms with E-state index in [-0.39, 0.29) is 5.92 Å². The minimum atomic E-state index is 0.0855. The highest BCUT2D eigenvalue weighted by atomic mass is 16.5. The Morgan fingerprint density at radius 3 is 2.65 bits per heavy atom. The molecule has 0 bridgehead atoms. The lowest BCUT2D eigenvalue weighted by atomic mass is 9.98. The summed E-state index contributed by atoms with van der Waals surface area (Å²) in [5.74, 6) is 2.28. The molecule has 0 fully saturated rings. The fourth-order valence-electron chi connectivity index (χ4n) is 3.97. The van der Waals surface area contributed by atoms with Gasteiger partial charge < -0.3 is 10.1 Å². The number of rotatable bonds is 8. The third-order valence-corrected chi connectivity index (χ3v) is 5.78. The summed E-state index contributed by atoms with van der Waals surface area (Å²) in [5.41, 5.74) is 4.98. The second-order valence-corrected chi connectivity index (χ2v) is 8.27. The average molecular weight is 455 g/mol. The molecule has 1 unspecified atom stereocenters. The summed E-state index contributed by atoms with van der Waals surface area (Å²) in [6, 6.07) is 16.3. The van der Waals surface area contributed by atoms with Crippen molar-refractivity contribution in [2.75, 3.05) is 19.0 Å². The first-order chi connectivity index (χ1) is 16.6. The van der Waals surface area contributed by atoms with Crippen molar-refractivity contribution in [2.45, 2.75) is 19.3 Å². The lowest BCUT2D eigenvalue weighted by molar-refractivity contribution is 0.175. The van der Waals surface area contributed by atoms with Crippen LogP contribution < -0.4 is 5.32 Å². The van der Waals surface area contributed by atoms with Crippen LogP contribution in [-0.2, 0) is 18.2 Å². The van der Waals surface area contributed by atoms with Crippen LogP contribution in [0.2, 0.25) is 0 Å². The molecule has 0 radical (unpaired) electrons. The molecule has 1 aromatic carbocycles. The van der Waals surface area contributed by atoms with E-state index in [1.807, 2.05) is 41.9 Å². The van der Waals surface area contributed by atoms with Gasteiger partial charge in [0.15, 0.2) is 5.65 Å². The topological polar surface area (TPSA) is 95.0 Å². The van der Waals surface area contributed by atoms with Crippen molar-refractivity contribution < 1.29 is 4.74 Å².